The molecule has 3 aromatic carbocycles. The number of amides is 1. The summed E-state index contributed by atoms with van der Waals surface area (Å²) in [4.78, 5) is 13.0. The summed E-state index contributed by atoms with van der Waals surface area (Å²) in [6.07, 6.45) is 6.38. The summed E-state index contributed by atoms with van der Waals surface area (Å²) in [5.74, 6) is 1.09. The molecule has 1 N–H and O–H groups in total. The second kappa shape index (κ2) is 13.2. The van der Waals surface area contributed by atoms with E-state index in [4.69, 9.17) is 9.47 Å². The van der Waals surface area contributed by atoms with Crippen LogP contribution in [-0.4, -0.2) is 19.1 Å². The monoisotopic (exact) mass is 431 g/mol. The highest BCUT2D eigenvalue weighted by Gasteiger charge is 2.14. The van der Waals surface area contributed by atoms with E-state index < -0.39 is 0 Å². The van der Waals surface area contributed by atoms with Crippen molar-refractivity contribution in [2.24, 2.45) is 0 Å². The van der Waals surface area contributed by atoms with Crippen molar-refractivity contribution >= 4 is 11.6 Å². The molecular weight excluding hydrogens is 398 g/mol. The van der Waals surface area contributed by atoms with E-state index in [9.17, 15) is 4.79 Å². The first-order chi connectivity index (χ1) is 15.8. The molecule has 168 valence electrons. The molecular formula is C28H33NO3. The van der Waals surface area contributed by atoms with Crippen LogP contribution in [0.3, 0.4) is 0 Å². The van der Waals surface area contributed by atoms with Crippen molar-refractivity contribution in [2.75, 3.05) is 18.5 Å². The number of hydrogen-bond acceptors (Lipinski definition) is 3. The second-order valence-corrected chi connectivity index (χ2v) is 7.79. The minimum Gasteiger partial charge on any atom is -0.493 e. The first-order valence-electron chi connectivity index (χ1n) is 11.6. The SMILES string of the molecule is CCCCCCOc1ccccc1C(=O)Nc1ccccc1OCCCc1ccccc1. The maximum atomic E-state index is 13.0. The van der Waals surface area contributed by atoms with Crippen LogP contribution in [0.2, 0.25) is 0 Å². The number of nitrogens with one attached hydrogen (secondary N) is 1. The zero-order valence-electron chi connectivity index (χ0n) is 18.9. The lowest BCUT2D eigenvalue weighted by atomic mass is 10.1. The molecule has 0 aliphatic rings. The third kappa shape index (κ3) is 7.45. The van der Waals surface area contributed by atoms with Crippen molar-refractivity contribution in [1.29, 1.82) is 0 Å². The molecule has 0 aromatic heterocycles. The van der Waals surface area contributed by atoms with Crippen LogP contribution < -0.4 is 14.8 Å². The number of anilines is 1. The van der Waals surface area contributed by atoms with Crippen molar-refractivity contribution < 1.29 is 14.3 Å². The molecule has 0 fully saturated rings. The summed E-state index contributed by atoms with van der Waals surface area (Å²) in [5.41, 5.74) is 2.49. The molecule has 3 rings (SSSR count). The number of carbonyl (C=O) groups is 1. The summed E-state index contributed by atoms with van der Waals surface area (Å²) in [6, 6.07) is 25.3. The molecule has 4 nitrogen and oxygen atoms in total. The van der Waals surface area contributed by atoms with Gasteiger partial charge in [-0.25, -0.2) is 0 Å². The molecule has 3 aromatic rings. The number of carbonyl (C=O) groups excluding carboxylic acids is 1. The lowest BCUT2D eigenvalue weighted by Gasteiger charge is -2.14. The molecule has 0 atom stereocenters. The number of rotatable bonds is 13. The molecule has 32 heavy (non-hydrogen) atoms. The minimum absolute atomic E-state index is 0.200. The Morgan fingerprint density at radius 2 is 1.38 bits per heavy atom. The maximum absolute atomic E-state index is 13.0. The third-order valence-electron chi connectivity index (χ3n) is 5.23. The first kappa shape index (κ1) is 23.4. The Hall–Kier alpha value is -3.27. The van der Waals surface area contributed by atoms with E-state index in [1.165, 1.54) is 18.4 Å². The quantitative estimate of drug-likeness (QED) is 0.299. The highest BCUT2D eigenvalue weighted by Crippen LogP contribution is 2.26. The van der Waals surface area contributed by atoms with E-state index in [0.29, 0.717) is 36.0 Å². The average Bonchev–Trinajstić information content (AvgIpc) is 2.83. The fourth-order valence-electron chi connectivity index (χ4n) is 3.48. The van der Waals surface area contributed by atoms with Gasteiger partial charge in [0.15, 0.2) is 0 Å². The van der Waals surface area contributed by atoms with Gasteiger partial charge >= 0.3 is 0 Å². The van der Waals surface area contributed by atoms with Crippen molar-refractivity contribution in [3.8, 4) is 11.5 Å². The lowest BCUT2D eigenvalue weighted by Crippen LogP contribution is -2.15. The molecule has 1 amide bonds. The molecule has 0 bridgehead atoms. The van der Waals surface area contributed by atoms with Gasteiger partial charge in [0.2, 0.25) is 0 Å². The van der Waals surface area contributed by atoms with Crippen LogP contribution >= 0.6 is 0 Å². The fraction of sp³-hybridized carbons (Fsp3) is 0.321. The summed E-state index contributed by atoms with van der Waals surface area (Å²) < 4.78 is 11.9. The van der Waals surface area contributed by atoms with Crippen molar-refractivity contribution in [3.63, 3.8) is 0 Å². The smallest absolute Gasteiger partial charge is 0.259 e. The van der Waals surface area contributed by atoms with Crippen LogP contribution in [0.15, 0.2) is 78.9 Å². The molecule has 0 spiro atoms. The van der Waals surface area contributed by atoms with E-state index in [-0.39, 0.29) is 5.91 Å². The van der Waals surface area contributed by atoms with E-state index in [1.807, 2.05) is 60.7 Å². The van der Waals surface area contributed by atoms with E-state index in [1.54, 1.807) is 6.07 Å². The number of unbranched alkanes of at least 4 members (excludes halogenated alkanes) is 3. The zero-order chi connectivity index (χ0) is 22.4. The van der Waals surface area contributed by atoms with Gasteiger partial charge in [-0.05, 0) is 49.1 Å². The predicted molar refractivity (Wildman–Crippen MR) is 131 cm³/mol. The van der Waals surface area contributed by atoms with Gasteiger partial charge in [-0.15, -0.1) is 0 Å². The molecule has 0 saturated carbocycles. The van der Waals surface area contributed by atoms with Gasteiger partial charge in [-0.1, -0.05) is 80.8 Å². The van der Waals surface area contributed by atoms with Gasteiger partial charge in [-0.3, -0.25) is 4.79 Å². The standard InChI is InChI=1S/C28H33NO3/c1-2-3-4-12-21-31-26-19-10-8-17-24(26)28(30)29-25-18-9-11-20-27(25)32-22-13-16-23-14-6-5-7-15-23/h5-11,14-15,17-20H,2-4,12-13,16,21-22H2,1H3,(H,29,30). The summed E-state index contributed by atoms with van der Waals surface area (Å²) >= 11 is 0. The first-order valence-corrected chi connectivity index (χ1v) is 11.6. The van der Waals surface area contributed by atoms with E-state index >= 15 is 0 Å². The third-order valence-corrected chi connectivity index (χ3v) is 5.23. The normalized spacial score (nSPS) is 10.5. The van der Waals surface area contributed by atoms with Crippen LogP contribution in [0.1, 0.15) is 54.9 Å². The van der Waals surface area contributed by atoms with Gasteiger partial charge in [0.1, 0.15) is 11.5 Å². The summed E-state index contributed by atoms with van der Waals surface area (Å²) in [5, 5.41) is 2.99. The van der Waals surface area contributed by atoms with E-state index in [0.717, 1.165) is 25.7 Å². The number of ether oxygens (including phenoxy) is 2. The van der Waals surface area contributed by atoms with Crippen LogP contribution in [-0.2, 0) is 6.42 Å². The molecule has 0 saturated heterocycles. The molecule has 0 unspecified atom stereocenters. The largest absolute Gasteiger partial charge is 0.493 e. The highest BCUT2D eigenvalue weighted by atomic mass is 16.5. The number of benzene rings is 3. The van der Waals surface area contributed by atoms with Crippen LogP contribution in [0.4, 0.5) is 5.69 Å². The molecule has 0 aliphatic heterocycles. The molecule has 0 heterocycles. The van der Waals surface area contributed by atoms with Crippen LogP contribution in [0.25, 0.3) is 0 Å². The Morgan fingerprint density at radius 3 is 2.19 bits per heavy atom. The Kier molecular flexibility index (Phi) is 9.66. The van der Waals surface area contributed by atoms with Gasteiger partial charge < -0.3 is 14.8 Å². The van der Waals surface area contributed by atoms with Crippen molar-refractivity contribution in [3.05, 3.63) is 90.0 Å². The average molecular weight is 432 g/mol. The number of hydrogen-bond donors (Lipinski definition) is 1. The molecule has 0 aliphatic carbocycles. The Balaban J connectivity index is 1.56. The van der Waals surface area contributed by atoms with Gasteiger partial charge in [-0.2, -0.15) is 0 Å². The molecule has 4 heteroatoms. The summed E-state index contributed by atoms with van der Waals surface area (Å²) in [7, 11) is 0. The minimum atomic E-state index is -0.200. The summed E-state index contributed by atoms with van der Waals surface area (Å²) in [6.45, 7) is 3.38. The van der Waals surface area contributed by atoms with Crippen molar-refractivity contribution in [1.82, 2.24) is 0 Å². The van der Waals surface area contributed by atoms with Crippen molar-refractivity contribution in [2.45, 2.75) is 45.4 Å². The lowest BCUT2D eigenvalue weighted by molar-refractivity contribution is 0.102. The number of para-hydroxylation sites is 3. The van der Waals surface area contributed by atoms with Crippen LogP contribution in [0.5, 0.6) is 11.5 Å². The second-order valence-electron chi connectivity index (χ2n) is 7.79. The molecule has 0 radical (unpaired) electrons. The predicted octanol–water partition coefficient (Wildman–Crippen LogP) is 6.91. The highest BCUT2D eigenvalue weighted by molar-refractivity contribution is 6.06. The fourth-order valence-corrected chi connectivity index (χ4v) is 3.48. The Labute approximate surface area is 191 Å². The van der Waals surface area contributed by atoms with Gasteiger partial charge in [0, 0.05) is 0 Å². The van der Waals surface area contributed by atoms with Crippen LogP contribution in [0, 0.1) is 0 Å². The number of aryl methyl sites for hydroxylation is 1. The Bertz CT molecular complexity index is 956. The Morgan fingerprint density at radius 1 is 0.719 bits per heavy atom. The van der Waals surface area contributed by atoms with Gasteiger partial charge in [0.05, 0.1) is 24.5 Å². The topological polar surface area (TPSA) is 47.6 Å². The van der Waals surface area contributed by atoms with E-state index in [2.05, 4.69) is 24.4 Å². The maximum Gasteiger partial charge on any atom is 0.259 e. The zero-order valence-corrected chi connectivity index (χ0v) is 18.9. The van der Waals surface area contributed by atoms with Gasteiger partial charge in [0.25, 0.3) is 5.91 Å².